The summed E-state index contributed by atoms with van der Waals surface area (Å²) in [7, 11) is -5.13. The third-order valence-corrected chi connectivity index (χ3v) is 13.1. The van der Waals surface area contributed by atoms with Crippen LogP contribution in [-0.4, -0.2) is 107 Å². The highest BCUT2D eigenvalue weighted by molar-refractivity contribution is 7.80. The van der Waals surface area contributed by atoms with Gasteiger partial charge in [0.15, 0.2) is 6.29 Å². The fraction of sp³-hybridized carbons (Fsp3) is 0.833. The van der Waals surface area contributed by atoms with Gasteiger partial charge >= 0.3 is 10.4 Å². The van der Waals surface area contributed by atoms with Gasteiger partial charge in [-0.1, -0.05) is 204 Å². The molecule has 0 radical (unpaired) electrons. The van der Waals surface area contributed by atoms with E-state index in [1.807, 2.05) is 0 Å². The molecule has 1 amide bonds. The molecule has 0 aromatic carbocycles. The maximum atomic E-state index is 13.2. The van der Waals surface area contributed by atoms with Crippen LogP contribution in [0.4, 0.5) is 0 Å². The Balaban J connectivity index is 2.53. The number of rotatable bonds is 46. The van der Waals surface area contributed by atoms with Gasteiger partial charge in [-0.3, -0.25) is 9.35 Å². The SMILES string of the molecule is CCCCCCCCCC/C=C\CCCCCCCCC(O)C(=O)NC(COC1OC(CO)C(O)C(OS(=O)(=O)O)C1O)C(O)/C=C/CC/C=C/CC/C=C/CCCCCCCCCCCCC. The number of amides is 1. The molecule has 8 unspecified atom stereocenters. The Bertz CT molecular complexity index is 1410. The Morgan fingerprint density at radius 3 is 1.41 bits per heavy atom. The van der Waals surface area contributed by atoms with Crippen LogP contribution in [-0.2, 0) is 28.9 Å². The van der Waals surface area contributed by atoms with E-state index in [2.05, 4.69) is 59.8 Å². The van der Waals surface area contributed by atoms with Crippen LogP contribution in [0.15, 0.2) is 48.6 Å². The molecule has 0 saturated carbocycles. The van der Waals surface area contributed by atoms with E-state index in [9.17, 15) is 43.3 Å². The Labute approximate surface area is 413 Å². The third-order valence-electron chi connectivity index (χ3n) is 12.7. The molecular weight excluding hydrogens is 887 g/mol. The van der Waals surface area contributed by atoms with Gasteiger partial charge in [-0.25, -0.2) is 4.18 Å². The molecule has 0 aromatic heterocycles. The van der Waals surface area contributed by atoms with Crippen LogP contribution >= 0.6 is 0 Å². The maximum absolute atomic E-state index is 13.2. The maximum Gasteiger partial charge on any atom is 0.397 e. The second-order valence-corrected chi connectivity index (χ2v) is 20.0. The molecule has 1 aliphatic rings. The first kappa shape index (κ1) is 64.0. The molecule has 0 aliphatic carbocycles. The molecule has 8 atom stereocenters. The summed E-state index contributed by atoms with van der Waals surface area (Å²) >= 11 is 0. The predicted molar refractivity (Wildman–Crippen MR) is 274 cm³/mol. The number of hydrogen-bond donors (Lipinski definition) is 7. The summed E-state index contributed by atoms with van der Waals surface area (Å²) < 4.78 is 47.7. The molecule has 13 nitrogen and oxygen atoms in total. The highest BCUT2D eigenvalue weighted by Gasteiger charge is 2.48. The number of allylic oxidation sites excluding steroid dienone is 7. The van der Waals surface area contributed by atoms with E-state index in [0.29, 0.717) is 12.8 Å². The summed E-state index contributed by atoms with van der Waals surface area (Å²) in [4.78, 5) is 13.2. The van der Waals surface area contributed by atoms with Gasteiger partial charge in [0.1, 0.15) is 30.5 Å². The van der Waals surface area contributed by atoms with Crippen LogP contribution < -0.4 is 5.32 Å². The second-order valence-electron chi connectivity index (χ2n) is 18.9. The summed E-state index contributed by atoms with van der Waals surface area (Å²) in [6.45, 7) is 3.21. The quantitative estimate of drug-likeness (QED) is 0.0172. The minimum absolute atomic E-state index is 0.226. The molecule has 68 heavy (non-hydrogen) atoms. The first-order valence-corrected chi connectivity index (χ1v) is 28.5. The van der Waals surface area contributed by atoms with Crippen molar-refractivity contribution in [2.45, 2.75) is 275 Å². The fourth-order valence-corrected chi connectivity index (χ4v) is 8.88. The average molecular weight is 986 g/mol. The highest BCUT2D eigenvalue weighted by atomic mass is 32.3. The monoisotopic (exact) mass is 986 g/mol. The van der Waals surface area contributed by atoms with Crippen LogP contribution in [0.25, 0.3) is 0 Å². The van der Waals surface area contributed by atoms with Crippen molar-refractivity contribution in [2.24, 2.45) is 0 Å². The van der Waals surface area contributed by atoms with E-state index in [-0.39, 0.29) is 6.42 Å². The lowest BCUT2D eigenvalue weighted by Crippen LogP contribution is -2.61. The number of ether oxygens (including phenoxy) is 2. The molecule has 1 heterocycles. The number of aliphatic hydroxyl groups excluding tert-OH is 5. The van der Waals surface area contributed by atoms with Gasteiger partial charge in [-0.05, 0) is 70.6 Å². The van der Waals surface area contributed by atoms with Crippen LogP contribution in [0, 0.1) is 0 Å². The molecule has 0 bridgehead atoms. The lowest BCUT2D eigenvalue weighted by atomic mass is 9.99. The Morgan fingerprint density at radius 2 is 0.985 bits per heavy atom. The molecule has 398 valence electrons. The largest absolute Gasteiger partial charge is 0.397 e. The lowest BCUT2D eigenvalue weighted by Gasteiger charge is -2.41. The minimum Gasteiger partial charge on any atom is -0.394 e. The number of nitrogens with one attached hydrogen (secondary N) is 1. The van der Waals surface area contributed by atoms with Gasteiger partial charge in [0, 0.05) is 0 Å². The van der Waals surface area contributed by atoms with Crippen molar-refractivity contribution in [3.8, 4) is 0 Å². The summed E-state index contributed by atoms with van der Waals surface area (Å²) in [5.41, 5.74) is 0. The Morgan fingerprint density at radius 1 is 0.588 bits per heavy atom. The summed E-state index contributed by atoms with van der Waals surface area (Å²) in [5, 5.41) is 55.4. The predicted octanol–water partition coefficient (Wildman–Crippen LogP) is 11.0. The highest BCUT2D eigenvalue weighted by Crippen LogP contribution is 2.26. The fourth-order valence-electron chi connectivity index (χ4n) is 8.37. The van der Waals surface area contributed by atoms with E-state index in [0.717, 1.165) is 70.6 Å². The van der Waals surface area contributed by atoms with E-state index in [1.54, 1.807) is 6.08 Å². The van der Waals surface area contributed by atoms with Crippen LogP contribution in [0.1, 0.15) is 226 Å². The van der Waals surface area contributed by atoms with E-state index < -0.39 is 78.5 Å². The number of hydrogen-bond acceptors (Lipinski definition) is 11. The van der Waals surface area contributed by atoms with Crippen molar-refractivity contribution in [2.75, 3.05) is 13.2 Å². The van der Waals surface area contributed by atoms with Crippen molar-refractivity contribution >= 4 is 16.3 Å². The van der Waals surface area contributed by atoms with Crippen molar-refractivity contribution in [1.82, 2.24) is 5.32 Å². The van der Waals surface area contributed by atoms with Crippen LogP contribution in [0.2, 0.25) is 0 Å². The molecular formula is C54H99NO12S. The normalized spacial score (nSPS) is 20.6. The van der Waals surface area contributed by atoms with E-state index in [1.165, 1.54) is 128 Å². The van der Waals surface area contributed by atoms with E-state index in [4.69, 9.17) is 9.47 Å². The van der Waals surface area contributed by atoms with Gasteiger partial charge < -0.3 is 40.3 Å². The molecule has 0 aromatic rings. The first-order chi connectivity index (χ1) is 32.9. The zero-order valence-electron chi connectivity index (χ0n) is 42.5. The number of carbonyl (C=O) groups excluding carboxylic acids is 1. The van der Waals surface area contributed by atoms with Crippen molar-refractivity contribution in [3.63, 3.8) is 0 Å². The second kappa shape index (κ2) is 43.8. The number of carbonyl (C=O) groups is 1. The topological polar surface area (TPSA) is 212 Å². The van der Waals surface area contributed by atoms with E-state index >= 15 is 0 Å². The number of unbranched alkanes of at least 4 members (excludes halogenated alkanes) is 27. The summed E-state index contributed by atoms with van der Waals surface area (Å²) in [5.74, 6) is -0.720. The molecule has 1 aliphatic heterocycles. The van der Waals surface area contributed by atoms with Gasteiger partial charge in [-0.2, -0.15) is 8.42 Å². The van der Waals surface area contributed by atoms with Gasteiger partial charge in [0.25, 0.3) is 0 Å². The van der Waals surface area contributed by atoms with Crippen LogP contribution in [0.5, 0.6) is 0 Å². The summed E-state index contributed by atoms with van der Waals surface area (Å²) in [6, 6.07) is -1.15. The summed E-state index contributed by atoms with van der Waals surface area (Å²) in [6.07, 6.45) is 43.3. The third kappa shape index (κ3) is 35.2. The van der Waals surface area contributed by atoms with Crippen molar-refractivity contribution < 1.29 is 57.0 Å². The average Bonchev–Trinajstić information content (AvgIpc) is 3.31. The molecule has 14 heteroatoms. The molecule has 0 spiro atoms. The number of aliphatic hydroxyl groups is 5. The van der Waals surface area contributed by atoms with Crippen molar-refractivity contribution in [3.05, 3.63) is 48.6 Å². The molecule has 1 rings (SSSR count). The Kier molecular flexibility index (Phi) is 41.2. The minimum atomic E-state index is -5.13. The Hall–Kier alpha value is -1.98. The zero-order chi connectivity index (χ0) is 49.9. The molecule has 1 fully saturated rings. The zero-order valence-corrected chi connectivity index (χ0v) is 43.3. The van der Waals surface area contributed by atoms with Crippen molar-refractivity contribution in [1.29, 1.82) is 0 Å². The van der Waals surface area contributed by atoms with Gasteiger partial charge in [-0.15, -0.1) is 0 Å². The van der Waals surface area contributed by atoms with Crippen LogP contribution in [0.3, 0.4) is 0 Å². The standard InChI is InChI=1S/C54H99NO12S/c1-3-5-7-9-11-13-15-17-19-21-23-24-25-27-28-30-32-34-36-38-40-42-47(57)46(45-65-54-51(60)52(67-68(62,63)64)50(59)49(44-56)66-54)55-53(61)48(58)43-41-39-37-35-33-31-29-26-22-20-18-16-14-12-10-8-6-4-2/h22,25-27,32,34,40,42,46-52,54,56-60H,3-21,23-24,28-31,33,35-39,41,43-45H2,1-2H3,(H,55,61)(H,62,63,64)/b26-22-,27-25+,34-32+,42-40+. The molecule has 7 N–H and O–H groups in total. The smallest absolute Gasteiger partial charge is 0.394 e. The molecule has 1 saturated heterocycles. The first-order valence-electron chi connectivity index (χ1n) is 27.1. The van der Waals surface area contributed by atoms with Gasteiger partial charge in [0.2, 0.25) is 5.91 Å². The van der Waals surface area contributed by atoms with Gasteiger partial charge in [0.05, 0.1) is 25.4 Å². The lowest BCUT2D eigenvalue weighted by molar-refractivity contribution is -0.298.